The summed E-state index contributed by atoms with van der Waals surface area (Å²) in [6.45, 7) is 36.0. The van der Waals surface area contributed by atoms with E-state index in [1.54, 1.807) is 63.4 Å². The van der Waals surface area contributed by atoms with Crippen molar-refractivity contribution in [2.75, 3.05) is 149 Å². The molecule has 13 heterocycles. The molecule has 4 atom stereocenters. The monoisotopic (exact) mass is 2340 g/mol. The van der Waals surface area contributed by atoms with E-state index in [-0.39, 0.29) is 186 Å². The van der Waals surface area contributed by atoms with Gasteiger partial charge in [0, 0.05) is 148 Å². The molecule has 4 saturated heterocycles. The van der Waals surface area contributed by atoms with Crippen LogP contribution in [-0.4, -0.2) is 248 Å². The number of hydrogen-bond donors (Lipinski definition) is 3. The van der Waals surface area contributed by atoms with Gasteiger partial charge in [0.15, 0.2) is 6.29 Å². The van der Waals surface area contributed by atoms with Crippen molar-refractivity contribution in [1.29, 1.82) is 0 Å². The topological polar surface area (TPSA) is 377 Å². The first-order valence-corrected chi connectivity index (χ1v) is 51.0. The average Bonchev–Trinajstić information content (AvgIpc) is 1.72. The number of pyridine rings is 9. The van der Waals surface area contributed by atoms with E-state index in [9.17, 15) is 33.6 Å². The Bertz CT molecular complexity index is 6670. The molecule has 17 rings (SSSR count). The van der Waals surface area contributed by atoms with Crippen molar-refractivity contribution in [3.63, 3.8) is 0 Å². The molecule has 4 unspecified atom stereocenters. The number of aldehydes is 1. The van der Waals surface area contributed by atoms with Crippen molar-refractivity contribution in [1.82, 2.24) is 73.0 Å². The Morgan fingerprint density at radius 3 is 1.25 bits per heavy atom. The molecule has 0 aliphatic carbocycles. The van der Waals surface area contributed by atoms with Crippen LogP contribution in [0.25, 0.3) is 66.1 Å². The summed E-state index contributed by atoms with van der Waals surface area (Å²) in [5.41, 5.74) is 13.8. The van der Waals surface area contributed by atoms with Gasteiger partial charge in [0.25, 0.3) is 23.2 Å². The number of rotatable bonds is 30. The van der Waals surface area contributed by atoms with Crippen LogP contribution in [0.3, 0.4) is 0 Å². The van der Waals surface area contributed by atoms with Gasteiger partial charge in [-0.3, -0.25) is 28.8 Å². The van der Waals surface area contributed by atoms with Crippen LogP contribution in [0.15, 0.2) is 240 Å². The van der Waals surface area contributed by atoms with Gasteiger partial charge >= 0.3 is 156 Å². The fraction of sp³-hybridized carbons (Fsp3) is 0.393. The van der Waals surface area contributed by atoms with Gasteiger partial charge in [0.1, 0.15) is 68.8 Å². The first-order chi connectivity index (χ1) is 71.1. The van der Waals surface area contributed by atoms with E-state index < -0.39 is 11.2 Å². The van der Waals surface area contributed by atoms with Crippen LogP contribution in [0.4, 0.5) is 32.7 Å². The minimum absolute atomic E-state index is 0. The molecular weight excluding hydrogens is 2210 g/mol. The summed E-state index contributed by atoms with van der Waals surface area (Å²) < 4.78 is 32.4. The molecule has 4 aliphatic rings. The van der Waals surface area contributed by atoms with Crippen molar-refractivity contribution in [2.24, 2.45) is 23.7 Å². The van der Waals surface area contributed by atoms with Gasteiger partial charge in [-0.15, -0.1) is 0 Å². The number of hydrogen-bond acceptors (Lipinski definition) is 28. The molecular formula is C112H137Cl3Cs2N18O15. The number of amides is 2. The van der Waals surface area contributed by atoms with Gasteiger partial charge in [-0.05, 0) is 227 Å². The van der Waals surface area contributed by atoms with Crippen molar-refractivity contribution >= 4 is 122 Å². The Kier molecular flexibility index (Phi) is 51.7. The Morgan fingerprint density at radius 2 is 0.860 bits per heavy atom. The second kappa shape index (κ2) is 62.6. The van der Waals surface area contributed by atoms with Crippen LogP contribution in [0.5, 0.6) is 11.5 Å². The van der Waals surface area contributed by atoms with Gasteiger partial charge < -0.3 is 94.7 Å². The number of nitrogens with two attached hydrogens (primary N) is 1. The summed E-state index contributed by atoms with van der Waals surface area (Å²) >= 11 is 18.1. The van der Waals surface area contributed by atoms with E-state index in [2.05, 4.69) is 112 Å². The van der Waals surface area contributed by atoms with Crippen LogP contribution >= 0.6 is 34.8 Å². The van der Waals surface area contributed by atoms with Crippen molar-refractivity contribution < 1.29 is 197 Å². The van der Waals surface area contributed by atoms with Crippen molar-refractivity contribution in [3.05, 3.63) is 283 Å². The molecule has 4 aromatic carbocycles. The third-order valence-electron chi connectivity index (χ3n) is 25.3. The largest absolute Gasteiger partial charge is 1.00 e. The molecule has 788 valence electrons. The summed E-state index contributed by atoms with van der Waals surface area (Å²) in [6.07, 6.45) is 14.5. The molecule has 150 heavy (non-hydrogen) atoms. The third-order valence-corrected chi connectivity index (χ3v) is 25.9. The fourth-order valence-corrected chi connectivity index (χ4v) is 18.0. The van der Waals surface area contributed by atoms with E-state index in [0.717, 1.165) is 164 Å². The summed E-state index contributed by atoms with van der Waals surface area (Å²) in [5, 5.41) is 18.8. The summed E-state index contributed by atoms with van der Waals surface area (Å²) in [7, 11) is 5.66. The molecule has 0 spiro atoms. The summed E-state index contributed by atoms with van der Waals surface area (Å²) in [4.78, 5) is 136. The number of nitrogens with zero attached hydrogens (tertiary/aromatic N) is 15. The van der Waals surface area contributed by atoms with Gasteiger partial charge in [0.2, 0.25) is 0 Å². The minimum Gasteiger partial charge on any atom is -1.00 e. The number of methoxy groups -OCH3 is 1. The molecule has 2 amide bonds. The van der Waals surface area contributed by atoms with E-state index in [4.69, 9.17) is 69.5 Å². The number of carbonyl (C=O) groups is 5. The number of fused-ring (bicyclic) bond motifs is 3. The molecule has 13 aromatic rings. The number of likely N-dealkylation sites (N-methyl/N-ethyl adjacent to an activating group) is 2. The number of aromatic nitrogens is 9. The number of nitrogens with one attached hydrogen (secondary N) is 2. The van der Waals surface area contributed by atoms with E-state index in [0.29, 0.717) is 151 Å². The molecule has 33 nitrogen and oxygen atoms in total. The molecule has 4 aliphatic heterocycles. The minimum atomic E-state index is -0.532. The van der Waals surface area contributed by atoms with Crippen LogP contribution in [0.2, 0.25) is 15.5 Å². The van der Waals surface area contributed by atoms with Crippen molar-refractivity contribution in [2.45, 2.75) is 132 Å². The number of benzene rings is 4. The zero-order valence-corrected chi connectivity index (χ0v) is 103. The predicted molar refractivity (Wildman–Crippen MR) is 584 cm³/mol. The smallest absolute Gasteiger partial charge is 1.00 e. The molecule has 0 saturated carbocycles. The van der Waals surface area contributed by atoms with E-state index in [1.165, 1.54) is 13.3 Å². The number of ether oxygens (including phenoxy) is 5. The van der Waals surface area contributed by atoms with Gasteiger partial charge in [-0.2, -0.15) is 0 Å². The third kappa shape index (κ3) is 39.1. The molecule has 38 heteroatoms. The molecule has 0 bridgehead atoms. The number of esters is 1. The number of likely N-dealkylation sites (tertiary alicyclic amines) is 4. The second-order valence-electron chi connectivity index (χ2n) is 38.5. The maximum atomic E-state index is 13.8. The second-order valence-corrected chi connectivity index (χ2v) is 39.6. The zero-order valence-electron chi connectivity index (χ0n) is 89.5. The van der Waals surface area contributed by atoms with Crippen molar-refractivity contribution in [3.8, 4) is 44.9 Å². The average molecular weight is 2350 g/mol. The number of carbonyl (C=O) groups excluding carboxylic acids is 5. The van der Waals surface area contributed by atoms with E-state index >= 15 is 0 Å². The number of anilines is 4. The van der Waals surface area contributed by atoms with Gasteiger partial charge in [-0.25, -0.2) is 39.5 Å². The van der Waals surface area contributed by atoms with Crippen LogP contribution < -0.4 is 186 Å². The SMILES string of the molecule is CC(C)(C)OC(=O)N1CCC(CNc2cc(Cl)ncc2C=O)C1.CC(C)(C)OC(=O)N1CCC(Cn2c(=O)c(-c3ccccc3)cc3cnc(Cl)cc32)C1.CCN(CC)CCOc1ccc(N)nc1.CCN(CC)CCOc1ccc(Nc2cc3c(cn2)cc(-c2ccccc2)c(=O)n3CC2CCN(C)C2)nc1.CN1CCC(Cn2c(=O)c(-c3ccccc3)cc3cnc(Cl)cc32)C1.COC(=O)Cc1ccccc1.O=CO[O-].[Cs+].[Cs+].[H-]. The first-order valence-electron chi connectivity index (χ1n) is 49.9. The zero-order chi connectivity index (χ0) is 106. The first kappa shape index (κ1) is 124. The van der Waals surface area contributed by atoms with Crippen LogP contribution in [-0.2, 0) is 54.7 Å². The van der Waals surface area contributed by atoms with Crippen LogP contribution in [0.1, 0.15) is 112 Å². The summed E-state index contributed by atoms with van der Waals surface area (Å²) in [6, 6.07) is 59.1. The Balaban J connectivity index is 0.000000226. The quantitative estimate of drug-likeness (QED) is 0.00940. The normalized spacial score (nSPS) is 15.2. The molecule has 4 fully saturated rings. The Morgan fingerprint density at radius 1 is 0.480 bits per heavy atom. The van der Waals surface area contributed by atoms with E-state index in [1.807, 2.05) is 221 Å². The molecule has 9 aromatic heterocycles. The predicted octanol–water partition coefficient (Wildman–Crippen LogP) is 12.1. The summed E-state index contributed by atoms with van der Waals surface area (Å²) in [5.74, 6) is 4.51. The molecule has 0 radical (unpaired) electrons. The maximum Gasteiger partial charge on any atom is 1.00 e. The molecule has 4 N–H and O–H groups in total. The number of halogens is 3. The Labute approximate surface area is 1010 Å². The van der Waals surface area contributed by atoms with Gasteiger partial charge in [-0.1, -0.05) is 184 Å². The number of nitrogen functional groups attached to an aromatic ring is 1. The Hall–Kier alpha value is -9.67. The standard InChI is InChI=1S/C31H38N6O2.C24H26ClN3O3.C20H20ClN3O.C16H22ClN3O3.C11H19N3O.C9H10O2.CH2O3.2Cs.H/c1-4-36(5-2)15-16-39-26-11-12-29(33-20-26)34-30-18-28-25(19-32-30)17-27(24-9-7-6-8-10-24)31(38)37(28)22-23-13-14-35(3)21-23;1-24(2,3)31-23(30)27-10-9-16(14-27)15-28-20-12-21(25)26-13-18(20)11-19(22(28)29)17-7-5-4-6-8-17;1-23-8-7-14(12-23)13-24-18-10-19(21)22-11-16(18)9-17(20(24)25)15-5-3-2-4-6-15;1-16(2,3)23-15(22)20-5-4-11(9-20)7-18-13-6-14(17)19-8-12(13)10-21;1-3-14(4-2)7-8-15-10-5-6-11(12)13-9-10;1-11-9(10)7-8-5-3-2-4-6-8;2-1-4-3;;;/h6-12,17-20,23H,4-5,13-16,21-22H2,1-3H3,(H,32,33,34);4-8,11-13,16H,9-10,14-15H2,1-3H3;2-6,9-11,14H,7-8,12-13H2,1H3;6,8,10-11H,4-5,7,9H2,1-3H3,(H,18,19);5-6,9H,3-4,7-8H2,1-2H3,(H2,12,13);2-6H,7H2,1H3;1,3H;;;/q;;;;;;;2*+1;-1/p-1. The van der Waals surface area contributed by atoms with Gasteiger partial charge in [0.05, 0.1) is 48.0 Å². The fourth-order valence-electron chi connectivity index (χ4n) is 17.5. The maximum absolute atomic E-state index is 13.8. The van der Waals surface area contributed by atoms with Crippen LogP contribution in [0, 0.1) is 23.7 Å².